The van der Waals surface area contributed by atoms with Gasteiger partial charge in [0, 0.05) is 25.4 Å². The maximum absolute atomic E-state index is 13.0. The molecule has 0 bridgehead atoms. The van der Waals surface area contributed by atoms with E-state index < -0.39 is 6.10 Å². The molecule has 4 aromatic rings. The first-order valence-corrected chi connectivity index (χ1v) is 11.2. The van der Waals surface area contributed by atoms with Crippen LogP contribution in [0.15, 0.2) is 76.6 Å². The van der Waals surface area contributed by atoms with Crippen LogP contribution in [0.25, 0.3) is 5.69 Å². The molecule has 170 valence electrons. The van der Waals surface area contributed by atoms with Crippen molar-refractivity contribution in [1.82, 2.24) is 24.9 Å². The highest BCUT2D eigenvalue weighted by Gasteiger charge is 2.18. The van der Waals surface area contributed by atoms with Crippen molar-refractivity contribution in [3.8, 4) is 11.4 Å². The van der Waals surface area contributed by atoms with E-state index in [2.05, 4.69) is 15.3 Å². The normalized spacial score (nSPS) is 11.8. The lowest BCUT2D eigenvalue weighted by Gasteiger charge is -2.15. The summed E-state index contributed by atoms with van der Waals surface area (Å²) >= 11 is 1.16. The van der Waals surface area contributed by atoms with E-state index in [0.29, 0.717) is 12.3 Å². The second-order valence-corrected chi connectivity index (χ2v) is 8.21. The van der Waals surface area contributed by atoms with Gasteiger partial charge in [0.05, 0.1) is 17.6 Å². The van der Waals surface area contributed by atoms with E-state index in [-0.39, 0.29) is 28.6 Å². The quantitative estimate of drug-likeness (QED) is 0.340. The summed E-state index contributed by atoms with van der Waals surface area (Å²) < 4.78 is 26.1. The SMILES string of the molecule is CC(Oc1ccc(F)cc1)c1nnc(SCC(=O)N(C)Cc2cnn(-c3ccccc3)c2)o1. The van der Waals surface area contributed by atoms with Crippen molar-refractivity contribution in [2.24, 2.45) is 0 Å². The van der Waals surface area contributed by atoms with E-state index in [1.165, 1.54) is 24.3 Å². The van der Waals surface area contributed by atoms with Gasteiger partial charge in [-0.3, -0.25) is 4.79 Å². The summed E-state index contributed by atoms with van der Waals surface area (Å²) in [6.07, 6.45) is 3.13. The van der Waals surface area contributed by atoms with Crippen LogP contribution in [0.2, 0.25) is 0 Å². The second kappa shape index (κ2) is 10.3. The van der Waals surface area contributed by atoms with Gasteiger partial charge in [0.2, 0.25) is 5.91 Å². The molecule has 0 saturated heterocycles. The van der Waals surface area contributed by atoms with Crippen LogP contribution in [-0.4, -0.2) is 43.6 Å². The number of para-hydroxylation sites is 1. The average molecular weight is 468 g/mol. The topological polar surface area (TPSA) is 86.3 Å². The van der Waals surface area contributed by atoms with Crippen LogP contribution in [0.4, 0.5) is 4.39 Å². The Kier molecular flexibility index (Phi) is 7.04. The molecule has 0 spiro atoms. The molecule has 8 nitrogen and oxygen atoms in total. The standard InChI is InChI=1S/C23H22FN5O3S/c1-16(31-20-10-8-18(24)9-11-20)22-26-27-23(32-22)33-15-21(30)28(2)13-17-12-25-29(14-17)19-6-4-3-5-7-19/h3-12,14,16H,13,15H2,1-2H3. The predicted molar refractivity (Wildman–Crippen MR) is 121 cm³/mol. The lowest BCUT2D eigenvalue weighted by Crippen LogP contribution is -2.27. The Morgan fingerprint density at radius 3 is 2.70 bits per heavy atom. The minimum absolute atomic E-state index is 0.0807. The number of amides is 1. The number of thioether (sulfide) groups is 1. The van der Waals surface area contributed by atoms with E-state index in [0.717, 1.165) is 23.0 Å². The molecule has 2 aromatic heterocycles. The lowest BCUT2D eigenvalue weighted by molar-refractivity contribution is -0.127. The van der Waals surface area contributed by atoms with Crippen LogP contribution >= 0.6 is 11.8 Å². The molecule has 1 atom stereocenters. The van der Waals surface area contributed by atoms with E-state index >= 15 is 0 Å². The highest BCUT2D eigenvalue weighted by Crippen LogP contribution is 2.24. The molecular weight excluding hydrogens is 445 g/mol. The van der Waals surface area contributed by atoms with Gasteiger partial charge in [-0.2, -0.15) is 5.10 Å². The van der Waals surface area contributed by atoms with E-state index in [9.17, 15) is 9.18 Å². The van der Waals surface area contributed by atoms with Gasteiger partial charge in [-0.15, -0.1) is 10.2 Å². The highest BCUT2D eigenvalue weighted by atomic mass is 32.2. The number of ether oxygens (including phenoxy) is 1. The summed E-state index contributed by atoms with van der Waals surface area (Å²) in [5.74, 6) is 0.492. The van der Waals surface area contributed by atoms with Crippen molar-refractivity contribution in [1.29, 1.82) is 0 Å². The zero-order valence-corrected chi connectivity index (χ0v) is 18.9. The Morgan fingerprint density at radius 1 is 1.18 bits per heavy atom. The van der Waals surface area contributed by atoms with Crippen molar-refractivity contribution < 1.29 is 18.3 Å². The third kappa shape index (κ3) is 5.98. The number of hydrogen-bond acceptors (Lipinski definition) is 7. The number of rotatable bonds is 9. The summed E-state index contributed by atoms with van der Waals surface area (Å²) in [7, 11) is 1.74. The van der Waals surface area contributed by atoms with Gasteiger partial charge in [0.25, 0.3) is 11.1 Å². The van der Waals surface area contributed by atoms with Crippen LogP contribution < -0.4 is 4.74 Å². The Bertz CT molecular complexity index is 1200. The monoisotopic (exact) mass is 467 g/mol. The average Bonchev–Trinajstić information content (AvgIpc) is 3.49. The number of carbonyl (C=O) groups is 1. The first-order chi connectivity index (χ1) is 16.0. The number of benzene rings is 2. The maximum atomic E-state index is 13.0. The number of hydrogen-bond donors (Lipinski definition) is 0. The molecule has 0 N–H and O–H groups in total. The molecule has 4 rings (SSSR count). The predicted octanol–water partition coefficient (Wildman–Crippen LogP) is 4.29. The fourth-order valence-electron chi connectivity index (χ4n) is 2.97. The van der Waals surface area contributed by atoms with E-state index in [1.54, 1.807) is 29.7 Å². The van der Waals surface area contributed by atoms with Gasteiger partial charge < -0.3 is 14.1 Å². The fourth-order valence-corrected chi connectivity index (χ4v) is 3.68. The molecule has 0 fully saturated rings. The van der Waals surface area contributed by atoms with Crippen LogP contribution in [0, 0.1) is 5.82 Å². The van der Waals surface area contributed by atoms with Gasteiger partial charge in [0.15, 0.2) is 6.10 Å². The molecule has 0 aliphatic heterocycles. The summed E-state index contributed by atoms with van der Waals surface area (Å²) in [6.45, 7) is 2.18. The van der Waals surface area contributed by atoms with Crippen molar-refractivity contribution >= 4 is 17.7 Å². The summed E-state index contributed by atoms with van der Waals surface area (Å²) in [5, 5.41) is 12.6. The summed E-state index contributed by atoms with van der Waals surface area (Å²) in [6, 6.07) is 15.4. The van der Waals surface area contributed by atoms with Gasteiger partial charge in [-0.25, -0.2) is 9.07 Å². The first-order valence-electron chi connectivity index (χ1n) is 10.2. The molecule has 33 heavy (non-hydrogen) atoms. The van der Waals surface area contributed by atoms with E-state index in [4.69, 9.17) is 9.15 Å². The number of nitrogens with zero attached hydrogens (tertiary/aromatic N) is 5. The van der Waals surface area contributed by atoms with E-state index in [1.807, 2.05) is 36.5 Å². The Hall–Kier alpha value is -3.66. The van der Waals surface area contributed by atoms with Crippen molar-refractivity contribution in [2.75, 3.05) is 12.8 Å². The minimum Gasteiger partial charge on any atom is -0.481 e. The minimum atomic E-state index is -0.517. The molecule has 0 saturated carbocycles. The second-order valence-electron chi connectivity index (χ2n) is 7.29. The molecule has 2 heterocycles. The zero-order chi connectivity index (χ0) is 23.2. The molecule has 0 aliphatic carbocycles. The molecule has 2 aromatic carbocycles. The summed E-state index contributed by atoms with van der Waals surface area (Å²) in [5.41, 5.74) is 1.88. The Labute approximate surface area is 194 Å². The van der Waals surface area contributed by atoms with Crippen LogP contribution in [-0.2, 0) is 11.3 Å². The van der Waals surface area contributed by atoms with Crippen molar-refractivity contribution in [3.05, 3.63) is 84.3 Å². The van der Waals surface area contributed by atoms with Gasteiger partial charge >= 0.3 is 0 Å². The maximum Gasteiger partial charge on any atom is 0.277 e. The number of aromatic nitrogens is 4. The number of halogens is 1. The van der Waals surface area contributed by atoms with Gasteiger partial charge in [-0.05, 0) is 43.3 Å². The smallest absolute Gasteiger partial charge is 0.277 e. The van der Waals surface area contributed by atoms with Crippen LogP contribution in [0.3, 0.4) is 0 Å². The van der Waals surface area contributed by atoms with Crippen LogP contribution in [0.1, 0.15) is 24.5 Å². The lowest BCUT2D eigenvalue weighted by atomic mass is 10.3. The van der Waals surface area contributed by atoms with Gasteiger partial charge in [-0.1, -0.05) is 30.0 Å². The molecule has 1 amide bonds. The third-order valence-corrected chi connectivity index (χ3v) is 5.52. The largest absolute Gasteiger partial charge is 0.481 e. The zero-order valence-electron chi connectivity index (χ0n) is 18.1. The highest BCUT2D eigenvalue weighted by molar-refractivity contribution is 7.99. The van der Waals surface area contributed by atoms with Crippen molar-refractivity contribution in [2.45, 2.75) is 24.8 Å². The number of carbonyl (C=O) groups excluding carboxylic acids is 1. The third-order valence-electron chi connectivity index (χ3n) is 4.72. The van der Waals surface area contributed by atoms with Crippen LogP contribution in [0.5, 0.6) is 5.75 Å². The van der Waals surface area contributed by atoms with Gasteiger partial charge in [0.1, 0.15) is 11.6 Å². The first kappa shape index (κ1) is 22.5. The molecule has 1 unspecified atom stereocenters. The summed E-state index contributed by atoms with van der Waals surface area (Å²) in [4.78, 5) is 14.2. The Balaban J connectivity index is 1.27. The fraction of sp³-hybridized carbons (Fsp3) is 0.217. The molecular formula is C23H22FN5O3S. The molecule has 10 heteroatoms. The molecule has 0 aliphatic rings. The Morgan fingerprint density at radius 2 is 1.94 bits per heavy atom. The van der Waals surface area contributed by atoms with Crippen molar-refractivity contribution in [3.63, 3.8) is 0 Å². The molecule has 0 radical (unpaired) electrons.